The van der Waals surface area contributed by atoms with Gasteiger partial charge in [0.15, 0.2) is 5.16 Å². The smallest absolute Gasteiger partial charge is 0.167 e. The van der Waals surface area contributed by atoms with Crippen molar-refractivity contribution in [1.82, 2.24) is 14.9 Å². The molecule has 1 fully saturated rings. The Hall–Kier alpha value is -0.480. The molecular formula is C17H31N3S. The summed E-state index contributed by atoms with van der Waals surface area (Å²) in [6, 6.07) is 0.630. The van der Waals surface area contributed by atoms with Crippen molar-refractivity contribution < 1.29 is 0 Å². The van der Waals surface area contributed by atoms with Crippen molar-refractivity contribution in [2.75, 3.05) is 6.54 Å². The third-order valence-electron chi connectivity index (χ3n) is 4.71. The van der Waals surface area contributed by atoms with Crippen LogP contribution in [0.4, 0.5) is 0 Å². The Morgan fingerprint density at radius 2 is 2.14 bits per heavy atom. The van der Waals surface area contributed by atoms with Crippen LogP contribution in [0.5, 0.6) is 0 Å². The molecule has 0 amide bonds. The van der Waals surface area contributed by atoms with Crippen molar-refractivity contribution >= 4 is 11.8 Å². The maximum absolute atomic E-state index is 4.51. The number of aryl methyl sites for hydroxylation is 1. The van der Waals surface area contributed by atoms with Gasteiger partial charge in [-0.2, -0.15) is 0 Å². The molecule has 1 N–H and O–H groups in total. The van der Waals surface area contributed by atoms with Crippen LogP contribution in [-0.2, 0) is 7.05 Å². The summed E-state index contributed by atoms with van der Waals surface area (Å²) < 4.78 is 2.14. The van der Waals surface area contributed by atoms with Crippen molar-refractivity contribution in [1.29, 1.82) is 0 Å². The summed E-state index contributed by atoms with van der Waals surface area (Å²) in [5.41, 5.74) is 0.413. The highest BCUT2D eigenvalue weighted by Gasteiger charge is 2.36. The van der Waals surface area contributed by atoms with E-state index in [9.17, 15) is 0 Å². The summed E-state index contributed by atoms with van der Waals surface area (Å²) in [6.07, 6.45) is 9.09. The molecule has 3 atom stereocenters. The summed E-state index contributed by atoms with van der Waals surface area (Å²) in [6.45, 7) is 10.5. The fourth-order valence-corrected chi connectivity index (χ4v) is 4.55. The second-order valence-corrected chi connectivity index (χ2v) is 8.62. The lowest BCUT2D eigenvalue weighted by Gasteiger charge is -2.41. The minimum atomic E-state index is 0.413. The minimum Gasteiger partial charge on any atom is -0.329 e. The molecule has 120 valence electrons. The van der Waals surface area contributed by atoms with Gasteiger partial charge in [0.25, 0.3) is 0 Å². The van der Waals surface area contributed by atoms with E-state index in [0.717, 1.165) is 17.6 Å². The number of nitrogens with zero attached hydrogens (tertiary/aromatic N) is 2. The molecule has 3 unspecified atom stereocenters. The van der Waals surface area contributed by atoms with Crippen LogP contribution < -0.4 is 5.32 Å². The van der Waals surface area contributed by atoms with Gasteiger partial charge < -0.3 is 9.88 Å². The quantitative estimate of drug-likeness (QED) is 0.888. The SMILES string of the molecule is CCCNC1CCC(C(C)(C)C)CC1Sc1nccn1C. The fourth-order valence-electron chi connectivity index (χ4n) is 3.21. The number of nitrogens with one attached hydrogen (secondary N) is 1. The van der Waals surface area contributed by atoms with Crippen LogP contribution in [-0.4, -0.2) is 27.4 Å². The zero-order chi connectivity index (χ0) is 15.5. The second kappa shape index (κ2) is 7.19. The standard InChI is InChI=1S/C17H31N3S/c1-6-9-18-14-8-7-13(17(2,3)4)12-15(14)21-16-19-10-11-20(16)5/h10-11,13-15,18H,6-9,12H2,1-5H3. The van der Waals surface area contributed by atoms with Gasteiger partial charge in [0.2, 0.25) is 0 Å². The van der Waals surface area contributed by atoms with E-state index in [1.54, 1.807) is 0 Å². The lowest BCUT2D eigenvalue weighted by atomic mass is 9.71. The molecule has 2 rings (SSSR count). The van der Waals surface area contributed by atoms with Crippen LogP contribution in [0, 0.1) is 11.3 Å². The lowest BCUT2D eigenvalue weighted by Crippen LogP contribution is -2.45. The van der Waals surface area contributed by atoms with Gasteiger partial charge in [-0.25, -0.2) is 4.98 Å². The number of aromatic nitrogens is 2. The minimum absolute atomic E-state index is 0.413. The van der Waals surface area contributed by atoms with Crippen LogP contribution in [0.2, 0.25) is 0 Å². The van der Waals surface area contributed by atoms with E-state index < -0.39 is 0 Å². The summed E-state index contributed by atoms with van der Waals surface area (Å²) in [4.78, 5) is 4.51. The largest absolute Gasteiger partial charge is 0.329 e. The normalized spacial score (nSPS) is 27.0. The maximum Gasteiger partial charge on any atom is 0.167 e. The Kier molecular flexibility index (Phi) is 5.78. The average Bonchev–Trinajstić information content (AvgIpc) is 2.82. The Morgan fingerprint density at radius 3 is 2.71 bits per heavy atom. The summed E-state index contributed by atoms with van der Waals surface area (Å²) in [5, 5.41) is 5.55. The number of imidazole rings is 1. The van der Waals surface area contributed by atoms with Gasteiger partial charge in [-0.1, -0.05) is 39.5 Å². The second-order valence-electron chi connectivity index (χ2n) is 7.41. The molecule has 0 saturated heterocycles. The molecule has 0 aromatic carbocycles. The highest BCUT2D eigenvalue weighted by molar-refractivity contribution is 7.99. The summed E-state index contributed by atoms with van der Waals surface area (Å²) in [5.74, 6) is 0.815. The molecule has 0 spiro atoms. The van der Waals surface area contributed by atoms with E-state index in [1.165, 1.54) is 25.7 Å². The zero-order valence-corrected chi connectivity index (χ0v) is 15.0. The molecule has 1 aliphatic rings. The number of hydrogen-bond donors (Lipinski definition) is 1. The molecule has 0 bridgehead atoms. The highest BCUT2D eigenvalue weighted by atomic mass is 32.2. The first kappa shape index (κ1) is 16.9. The van der Waals surface area contributed by atoms with Crippen LogP contribution in [0.15, 0.2) is 17.6 Å². The number of thioether (sulfide) groups is 1. The first-order chi connectivity index (χ1) is 9.91. The molecule has 0 aliphatic heterocycles. The van der Waals surface area contributed by atoms with Crippen LogP contribution in [0.3, 0.4) is 0 Å². The van der Waals surface area contributed by atoms with Gasteiger partial charge in [0.1, 0.15) is 0 Å². The molecular weight excluding hydrogens is 278 g/mol. The van der Waals surface area contributed by atoms with E-state index in [2.05, 4.69) is 49.6 Å². The fraction of sp³-hybridized carbons (Fsp3) is 0.824. The molecule has 1 aromatic heterocycles. The van der Waals surface area contributed by atoms with Gasteiger partial charge in [-0.15, -0.1) is 0 Å². The Bertz CT molecular complexity index is 435. The molecule has 1 saturated carbocycles. The van der Waals surface area contributed by atoms with E-state index >= 15 is 0 Å². The monoisotopic (exact) mass is 309 g/mol. The van der Waals surface area contributed by atoms with E-state index in [0.29, 0.717) is 16.7 Å². The average molecular weight is 310 g/mol. The molecule has 3 nitrogen and oxygen atoms in total. The Labute approximate surface area is 134 Å². The van der Waals surface area contributed by atoms with Crippen molar-refractivity contribution in [3.63, 3.8) is 0 Å². The molecule has 1 heterocycles. The van der Waals surface area contributed by atoms with Gasteiger partial charge in [0.05, 0.1) is 0 Å². The van der Waals surface area contributed by atoms with Crippen molar-refractivity contribution in [2.45, 2.75) is 69.8 Å². The van der Waals surface area contributed by atoms with Crippen LogP contribution in [0.25, 0.3) is 0 Å². The third-order valence-corrected chi connectivity index (χ3v) is 6.13. The van der Waals surface area contributed by atoms with E-state index in [-0.39, 0.29) is 0 Å². The van der Waals surface area contributed by atoms with Crippen molar-refractivity contribution in [2.24, 2.45) is 18.4 Å². The van der Waals surface area contributed by atoms with Gasteiger partial charge in [-0.3, -0.25) is 0 Å². The predicted octanol–water partition coefficient (Wildman–Crippen LogP) is 4.10. The Morgan fingerprint density at radius 1 is 1.38 bits per heavy atom. The van der Waals surface area contributed by atoms with Crippen molar-refractivity contribution in [3.05, 3.63) is 12.4 Å². The number of hydrogen-bond acceptors (Lipinski definition) is 3. The maximum atomic E-state index is 4.51. The summed E-state index contributed by atoms with van der Waals surface area (Å²) >= 11 is 1.97. The highest BCUT2D eigenvalue weighted by Crippen LogP contribution is 2.43. The van der Waals surface area contributed by atoms with Gasteiger partial charge >= 0.3 is 0 Å². The molecule has 0 radical (unpaired) electrons. The summed E-state index contributed by atoms with van der Waals surface area (Å²) in [7, 11) is 2.09. The van der Waals surface area contributed by atoms with E-state index in [4.69, 9.17) is 0 Å². The third kappa shape index (κ3) is 4.49. The van der Waals surface area contributed by atoms with Crippen LogP contribution in [0.1, 0.15) is 53.4 Å². The zero-order valence-electron chi connectivity index (χ0n) is 14.2. The van der Waals surface area contributed by atoms with Crippen molar-refractivity contribution in [3.8, 4) is 0 Å². The topological polar surface area (TPSA) is 29.9 Å². The molecule has 1 aliphatic carbocycles. The molecule has 4 heteroatoms. The first-order valence-electron chi connectivity index (χ1n) is 8.29. The van der Waals surface area contributed by atoms with Gasteiger partial charge in [-0.05, 0) is 43.6 Å². The lowest BCUT2D eigenvalue weighted by molar-refractivity contribution is 0.165. The van der Waals surface area contributed by atoms with E-state index in [1.807, 2.05) is 24.2 Å². The Balaban J connectivity index is 2.07. The molecule has 1 aromatic rings. The number of rotatable bonds is 5. The van der Waals surface area contributed by atoms with Crippen LogP contribution >= 0.6 is 11.8 Å². The predicted molar refractivity (Wildman–Crippen MR) is 91.7 cm³/mol. The van der Waals surface area contributed by atoms with Gasteiger partial charge in [0, 0.05) is 30.7 Å². The molecule has 21 heavy (non-hydrogen) atoms. The first-order valence-corrected chi connectivity index (χ1v) is 9.17.